The Hall–Kier alpha value is -3.10. The summed E-state index contributed by atoms with van der Waals surface area (Å²) in [4.78, 5) is 38.0. The van der Waals surface area contributed by atoms with Gasteiger partial charge in [0.1, 0.15) is 11.5 Å². The van der Waals surface area contributed by atoms with E-state index < -0.39 is 5.82 Å². The van der Waals surface area contributed by atoms with Crippen molar-refractivity contribution in [3.05, 3.63) is 30.3 Å². The molecular weight excluding hydrogens is 389 g/mol. The van der Waals surface area contributed by atoms with Crippen LogP contribution < -0.4 is 10.2 Å². The second-order valence-electron chi connectivity index (χ2n) is 7.66. The Morgan fingerprint density at radius 2 is 2.07 bits per heavy atom. The van der Waals surface area contributed by atoms with Gasteiger partial charge < -0.3 is 10.1 Å². The van der Waals surface area contributed by atoms with Crippen molar-refractivity contribution in [3.8, 4) is 11.3 Å². The first-order valence-corrected chi connectivity index (χ1v) is 10.2. The highest BCUT2D eigenvalue weighted by molar-refractivity contribution is 5.94. The molecule has 30 heavy (non-hydrogen) atoms. The van der Waals surface area contributed by atoms with Crippen molar-refractivity contribution >= 4 is 23.6 Å². The van der Waals surface area contributed by atoms with Crippen LogP contribution in [0.3, 0.4) is 0 Å². The van der Waals surface area contributed by atoms with Crippen LogP contribution >= 0.6 is 0 Å². The lowest BCUT2D eigenvalue weighted by Gasteiger charge is -2.27. The number of rotatable bonds is 5. The highest BCUT2D eigenvalue weighted by Crippen LogP contribution is 2.29. The second-order valence-corrected chi connectivity index (χ2v) is 7.66. The first kappa shape index (κ1) is 20.2. The molecule has 1 aliphatic carbocycles. The van der Waals surface area contributed by atoms with Gasteiger partial charge in [-0.3, -0.25) is 14.5 Å². The van der Waals surface area contributed by atoms with Crippen molar-refractivity contribution in [2.24, 2.45) is 5.92 Å². The molecule has 0 spiro atoms. The lowest BCUT2D eigenvalue weighted by atomic mass is 9.86. The number of amides is 1. The fourth-order valence-corrected chi connectivity index (χ4v) is 4.07. The molecule has 3 heterocycles. The van der Waals surface area contributed by atoms with Crippen LogP contribution in [-0.2, 0) is 14.3 Å². The molecule has 2 aromatic rings. The van der Waals surface area contributed by atoms with Crippen LogP contribution in [0.4, 0.5) is 16.2 Å². The topological polar surface area (TPSA) is 97.3 Å². The van der Waals surface area contributed by atoms with Crippen molar-refractivity contribution < 1.29 is 18.7 Å². The third-order valence-electron chi connectivity index (χ3n) is 5.71. The van der Waals surface area contributed by atoms with E-state index in [-0.39, 0.29) is 29.5 Å². The number of carbonyl (C=O) groups is 2. The maximum Gasteiger partial charge on any atom is 0.308 e. The van der Waals surface area contributed by atoms with Gasteiger partial charge in [0, 0.05) is 30.8 Å². The SMILES string of the molecule is COC(=O)[C@H]1CC[C@H](Nc2ncc(F)c(-c3ccnc(N4CCCC4=O)c3)n2)CC1. The molecule has 1 saturated carbocycles. The largest absolute Gasteiger partial charge is 0.469 e. The predicted octanol–water partition coefficient (Wildman–Crippen LogP) is 2.95. The van der Waals surface area contributed by atoms with Crippen molar-refractivity contribution in [2.75, 3.05) is 23.9 Å². The van der Waals surface area contributed by atoms with Gasteiger partial charge >= 0.3 is 5.97 Å². The molecule has 0 radical (unpaired) electrons. The van der Waals surface area contributed by atoms with Gasteiger partial charge in [0.2, 0.25) is 11.9 Å². The molecule has 1 N–H and O–H groups in total. The van der Waals surface area contributed by atoms with Crippen LogP contribution in [0.2, 0.25) is 0 Å². The molecule has 1 saturated heterocycles. The van der Waals surface area contributed by atoms with E-state index in [0.717, 1.165) is 38.3 Å². The number of anilines is 2. The predicted molar refractivity (Wildman–Crippen MR) is 108 cm³/mol. The number of carbonyl (C=O) groups excluding carboxylic acids is 2. The Morgan fingerprint density at radius 1 is 1.27 bits per heavy atom. The number of pyridine rings is 1. The summed E-state index contributed by atoms with van der Waals surface area (Å²) in [7, 11) is 1.41. The normalized spacial score (nSPS) is 21.5. The van der Waals surface area contributed by atoms with Crippen molar-refractivity contribution in [2.45, 2.75) is 44.6 Å². The molecule has 4 rings (SSSR count). The van der Waals surface area contributed by atoms with E-state index in [1.165, 1.54) is 7.11 Å². The Kier molecular flexibility index (Phi) is 5.87. The smallest absolute Gasteiger partial charge is 0.308 e. The molecule has 1 aliphatic heterocycles. The number of methoxy groups -OCH3 is 1. The first-order valence-electron chi connectivity index (χ1n) is 10.2. The van der Waals surface area contributed by atoms with E-state index in [2.05, 4.69) is 20.3 Å². The molecule has 2 aromatic heterocycles. The molecule has 2 fully saturated rings. The minimum absolute atomic E-state index is 0.0210. The fraction of sp³-hybridized carbons (Fsp3) is 0.476. The zero-order valence-electron chi connectivity index (χ0n) is 16.8. The summed E-state index contributed by atoms with van der Waals surface area (Å²) < 4.78 is 19.3. The average Bonchev–Trinajstić information content (AvgIpc) is 3.21. The summed E-state index contributed by atoms with van der Waals surface area (Å²) in [6, 6.07) is 3.46. The van der Waals surface area contributed by atoms with Crippen LogP contribution in [0.15, 0.2) is 24.5 Å². The van der Waals surface area contributed by atoms with Crippen molar-refractivity contribution in [1.29, 1.82) is 0 Å². The lowest BCUT2D eigenvalue weighted by molar-refractivity contribution is -0.146. The van der Waals surface area contributed by atoms with Crippen LogP contribution in [0.1, 0.15) is 38.5 Å². The number of hydrogen-bond donors (Lipinski definition) is 1. The summed E-state index contributed by atoms with van der Waals surface area (Å²) in [5.41, 5.74) is 0.697. The van der Waals surface area contributed by atoms with Gasteiger partial charge in [0.25, 0.3) is 0 Å². The summed E-state index contributed by atoms with van der Waals surface area (Å²) in [5, 5.41) is 3.25. The summed E-state index contributed by atoms with van der Waals surface area (Å²) in [5.74, 6) is 0.0831. The van der Waals surface area contributed by atoms with Crippen LogP contribution in [0.5, 0.6) is 0 Å². The number of aromatic nitrogens is 3. The lowest BCUT2D eigenvalue weighted by Crippen LogP contribution is -2.30. The van der Waals surface area contributed by atoms with Gasteiger partial charge in [-0.25, -0.2) is 19.3 Å². The number of hydrogen-bond acceptors (Lipinski definition) is 7. The minimum Gasteiger partial charge on any atom is -0.469 e. The highest BCUT2D eigenvalue weighted by Gasteiger charge is 2.27. The Bertz CT molecular complexity index is 946. The summed E-state index contributed by atoms with van der Waals surface area (Å²) in [6.45, 7) is 0.614. The zero-order valence-corrected chi connectivity index (χ0v) is 16.8. The van der Waals surface area contributed by atoms with E-state index in [4.69, 9.17) is 4.74 Å². The van der Waals surface area contributed by atoms with Crippen molar-refractivity contribution in [1.82, 2.24) is 15.0 Å². The van der Waals surface area contributed by atoms with Crippen LogP contribution in [-0.4, -0.2) is 46.5 Å². The maximum atomic E-state index is 14.5. The summed E-state index contributed by atoms with van der Waals surface area (Å²) >= 11 is 0. The molecule has 158 valence electrons. The monoisotopic (exact) mass is 413 g/mol. The number of nitrogens with one attached hydrogen (secondary N) is 1. The van der Waals surface area contributed by atoms with Gasteiger partial charge in [0.15, 0.2) is 5.82 Å². The minimum atomic E-state index is -0.542. The molecule has 1 amide bonds. The van der Waals surface area contributed by atoms with E-state index in [1.54, 1.807) is 23.2 Å². The van der Waals surface area contributed by atoms with Gasteiger partial charge in [-0.1, -0.05) is 0 Å². The molecule has 0 atom stereocenters. The van der Waals surface area contributed by atoms with Crippen molar-refractivity contribution in [3.63, 3.8) is 0 Å². The van der Waals surface area contributed by atoms with Crippen LogP contribution in [0.25, 0.3) is 11.3 Å². The van der Waals surface area contributed by atoms with Gasteiger partial charge in [-0.05, 0) is 44.2 Å². The number of halogens is 1. The first-order chi connectivity index (χ1) is 14.5. The Balaban J connectivity index is 1.49. The number of ether oxygens (including phenoxy) is 1. The number of nitrogens with zero attached hydrogens (tertiary/aromatic N) is 4. The molecule has 2 aliphatic rings. The molecule has 0 unspecified atom stereocenters. The molecule has 0 bridgehead atoms. The maximum absolute atomic E-state index is 14.5. The third kappa shape index (κ3) is 4.24. The fourth-order valence-electron chi connectivity index (χ4n) is 4.07. The quantitative estimate of drug-likeness (QED) is 0.753. The summed E-state index contributed by atoms with van der Waals surface area (Å²) in [6.07, 6.45) is 7.02. The second kappa shape index (κ2) is 8.73. The Morgan fingerprint density at radius 3 is 2.77 bits per heavy atom. The van der Waals surface area contributed by atoms with Gasteiger partial charge in [-0.2, -0.15) is 0 Å². The molecule has 9 heteroatoms. The van der Waals surface area contributed by atoms with Gasteiger partial charge in [0.05, 0.1) is 19.2 Å². The van der Waals surface area contributed by atoms with Crippen LogP contribution in [0, 0.1) is 11.7 Å². The average molecular weight is 413 g/mol. The van der Waals surface area contributed by atoms with E-state index >= 15 is 0 Å². The van der Waals surface area contributed by atoms with E-state index in [9.17, 15) is 14.0 Å². The molecule has 0 aromatic carbocycles. The zero-order chi connectivity index (χ0) is 21.1. The highest BCUT2D eigenvalue weighted by atomic mass is 19.1. The van der Waals surface area contributed by atoms with Gasteiger partial charge in [-0.15, -0.1) is 0 Å². The Labute approximate surface area is 173 Å². The third-order valence-corrected chi connectivity index (χ3v) is 5.71. The van der Waals surface area contributed by atoms with E-state index in [0.29, 0.717) is 30.3 Å². The standard InChI is InChI=1S/C21H24FN5O3/c1-30-20(29)13-4-6-15(7-5-13)25-21-24-12-16(22)19(26-21)14-8-9-23-17(11-14)27-10-2-3-18(27)28/h8-9,11-13,15H,2-7,10H2,1H3,(H,24,25,26)/t13-,15-. The molecule has 8 nitrogen and oxygen atoms in total. The number of esters is 1. The van der Waals surface area contributed by atoms with E-state index in [1.807, 2.05) is 0 Å². The molecular formula is C21H24FN5O3.